The van der Waals surface area contributed by atoms with Crippen LogP contribution < -0.4 is 5.73 Å². The molecule has 1 aliphatic heterocycles. The molecule has 0 aliphatic carbocycles. The maximum atomic E-state index is 6.08. The van der Waals surface area contributed by atoms with Gasteiger partial charge in [0.15, 0.2) is 5.82 Å². The largest absolute Gasteiger partial charge is 0.397 e. The second-order valence-electron chi connectivity index (χ2n) is 5.78. The van der Waals surface area contributed by atoms with E-state index >= 15 is 0 Å². The number of anilines is 1. The van der Waals surface area contributed by atoms with Gasteiger partial charge in [-0.25, -0.2) is 4.68 Å². The van der Waals surface area contributed by atoms with Gasteiger partial charge in [0, 0.05) is 18.8 Å². The molecule has 2 aromatic rings. The molecule has 0 saturated carbocycles. The van der Waals surface area contributed by atoms with Gasteiger partial charge < -0.3 is 10.5 Å². The lowest BCUT2D eigenvalue weighted by atomic mass is 9.82. The first-order valence-corrected chi connectivity index (χ1v) is 7.35. The zero-order valence-electron chi connectivity index (χ0n) is 11.9. The molecule has 2 N–H and O–H groups in total. The Hall–Kier alpha value is -1.66. The predicted octanol–water partition coefficient (Wildman–Crippen LogP) is 2.39. The summed E-state index contributed by atoms with van der Waals surface area (Å²) in [4.78, 5) is 0. The summed E-state index contributed by atoms with van der Waals surface area (Å²) in [5, 5.41) is 12.5. The molecule has 0 spiro atoms. The molecule has 0 atom stereocenters. The standard InChI is InChI=1S/C14H18ClN5O/c1-14(5-7-21-8-6-14)9-20-13(17-18-19-20)10-3-2-4-11(15)12(10)16/h2-4H,5-9,16H2,1H3. The van der Waals surface area contributed by atoms with Crippen molar-refractivity contribution >= 4 is 17.3 Å². The van der Waals surface area contributed by atoms with E-state index in [-0.39, 0.29) is 5.41 Å². The minimum atomic E-state index is 0.135. The molecular weight excluding hydrogens is 290 g/mol. The van der Waals surface area contributed by atoms with Crippen molar-refractivity contribution in [1.29, 1.82) is 0 Å². The summed E-state index contributed by atoms with van der Waals surface area (Å²) in [7, 11) is 0. The number of hydrogen-bond acceptors (Lipinski definition) is 5. The van der Waals surface area contributed by atoms with Crippen molar-refractivity contribution in [2.45, 2.75) is 26.3 Å². The number of tetrazole rings is 1. The predicted molar refractivity (Wildman–Crippen MR) is 80.8 cm³/mol. The highest BCUT2D eigenvalue weighted by Crippen LogP contribution is 2.34. The number of benzene rings is 1. The Bertz CT molecular complexity index is 636. The summed E-state index contributed by atoms with van der Waals surface area (Å²) in [6.07, 6.45) is 1.99. The van der Waals surface area contributed by atoms with E-state index in [0.29, 0.717) is 16.5 Å². The van der Waals surface area contributed by atoms with Gasteiger partial charge in [-0.05, 0) is 40.8 Å². The lowest BCUT2D eigenvalue weighted by Gasteiger charge is -2.33. The molecule has 0 amide bonds. The van der Waals surface area contributed by atoms with E-state index in [1.807, 2.05) is 16.8 Å². The Morgan fingerprint density at radius 2 is 2.14 bits per heavy atom. The van der Waals surface area contributed by atoms with Crippen molar-refractivity contribution in [3.8, 4) is 11.4 Å². The fourth-order valence-electron chi connectivity index (χ4n) is 2.62. The van der Waals surface area contributed by atoms with E-state index < -0.39 is 0 Å². The first-order chi connectivity index (χ1) is 10.1. The Labute approximate surface area is 128 Å². The summed E-state index contributed by atoms with van der Waals surface area (Å²) < 4.78 is 7.25. The number of nitrogen functional groups attached to an aromatic ring is 1. The maximum Gasteiger partial charge on any atom is 0.184 e. The van der Waals surface area contributed by atoms with Gasteiger partial charge in [-0.1, -0.05) is 24.6 Å². The van der Waals surface area contributed by atoms with E-state index in [4.69, 9.17) is 22.1 Å². The molecule has 3 rings (SSSR count). The van der Waals surface area contributed by atoms with Crippen LogP contribution in [-0.4, -0.2) is 33.4 Å². The Morgan fingerprint density at radius 1 is 1.38 bits per heavy atom. The zero-order valence-corrected chi connectivity index (χ0v) is 12.7. The van der Waals surface area contributed by atoms with E-state index in [1.165, 1.54) is 0 Å². The molecule has 21 heavy (non-hydrogen) atoms. The molecule has 112 valence electrons. The minimum Gasteiger partial charge on any atom is -0.397 e. The Kier molecular flexibility index (Phi) is 3.82. The van der Waals surface area contributed by atoms with E-state index in [2.05, 4.69) is 22.4 Å². The molecule has 1 fully saturated rings. The molecule has 7 heteroatoms. The molecule has 0 unspecified atom stereocenters. The van der Waals surface area contributed by atoms with Crippen molar-refractivity contribution in [3.63, 3.8) is 0 Å². The second kappa shape index (κ2) is 5.61. The molecule has 1 aliphatic rings. The van der Waals surface area contributed by atoms with Gasteiger partial charge in [0.25, 0.3) is 0 Å². The lowest BCUT2D eigenvalue weighted by molar-refractivity contribution is 0.0138. The summed E-state index contributed by atoms with van der Waals surface area (Å²) in [6, 6.07) is 5.49. The topological polar surface area (TPSA) is 78.9 Å². The molecule has 1 aromatic carbocycles. The van der Waals surface area contributed by atoms with Crippen molar-refractivity contribution < 1.29 is 4.74 Å². The van der Waals surface area contributed by atoms with Gasteiger partial charge in [-0.15, -0.1) is 5.10 Å². The first-order valence-electron chi connectivity index (χ1n) is 6.97. The maximum absolute atomic E-state index is 6.08. The average molecular weight is 308 g/mol. The van der Waals surface area contributed by atoms with Crippen LogP contribution in [0.1, 0.15) is 19.8 Å². The number of halogens is 1. The number of para-hydroxylation sites is 1. The number of aromatic nitrogens is 4. The highest BCUT2D eigenvalue weighted by molar-refractivity contribution is 6.33. The molecule has 6 nitrogen and oxygen atoms in total. The molecule has 1 saturated heterocycles. The van der Waals surface area contributed by atoms with Crippen LogP contribution in [-0.2, 0) is 11.3 Å². The third kappa shape index (κ3) is 2.87. The Balaban J connectivity index is 1.92. The summed E-state index contributed by atoms with van der Waals surface area (Å²) in [5.41, 5.74) is 7.46. The van der Waals surface area contributed by atoms with Crippen molar-refractivity contribution in [2.24, 2.45) is 5.41 Å². The van der Waals surface area contributed by atoms with Gasteiger partial charge in [0.1, 0.15) is 0 Å². The fourth-order valence-corrected chi connectivity index (χ4v) is 2.79. The molecule has 0 bridgehead atoms. The van der Waals surface area contributed by atoms with Crippen LogP contribution in [0.2, 0.25) is 5.02 Å². The number of hydrogen-bond donors (Lipinski definition) is 1. The highest BCUT2D eigenvalue weighted by Gasteiger charge is 2.29. The SMILES string of the molecule is CC1(Cn2nnnc2-c2cccc(Cl)c2N)CCOCC1. The van der Waals surface area contributed by atoms with Crippen LogP contribution >= 0.6 is 11.6 Å². The van der Waals surface area contributed by atoms with E-state index in [0.717, 1.165) is 38.2 Å². The van der Waals surface area contributed by atoms with Crippen LogP contribution in [0.5, 0.6) is 0 Å². The monoisotopic (exact) mass is 307 g/mol. The minimum absolute atomic E-state index is 0.135. The number of rotatable bonds is 3. The molecule has 2 heterocycles. The van der Waals surface area contributed by atoms with Crippen LogP contribution in [0.15, 0.2) is 18.2 Å². The lowest BCUT2D eigenvalue weighted by Crippen LogP contribution is -2.31. The first kappa shape index (κ1) is 14.3. The zero-order chi connectivity index (χ0) is 14.9. The molecule has 1 aromatic heterocycles. The van der Waals surface area contributed by atoms with Crippen LogP contribution in [0.3, 0.4) is 0 Å². The van der Waals surface area contributed by atoms with Gasteiger partial charge in [0.2, 0.25) is 0 Å². The summed E-state index contributed by atoms with van der Waals surface area (Å²) >= 11 is 6.08. The third-order valence-electron chi connectivity index (χ3n) is 4.06. The highest BCUT2D eigenvalue weighted by atomic mass is 35.5. The van der Waals surface area contributed by atoms with Crippen molar-refractivity contribution in [2.75, 3.05) is 18.9 Å². The van der Waals surface area contributed by atoms with Crippen LogP contribution in [0.25, 0.3) is 11.4 Å². The average Bonchev–Trinajstić information content (AvgIpc) is 2.90. The fraction of sp³-hybridized carbons (Fsp3) is 0.500. The van der Waals surface area contributed by atoms with E-state index in [1.54, 1.807) is 6.07 Å². The van der Waals surface area contributed by atoms with Crippen molar-refractivity contribution in [1.82, 2.24) is 20.2 Å². The van der Waals surface area contributed by atoms with Gasteiger partial charge in [0.05, 0.1) is 17.3 Å². The quantitative estimate of drug-likeness (QED) is 0.881. The van der Waals surface area contributed by atoms with Gasteiger partial charge in [-0.3, -0.25) is 0 Å². The number of nitrogens with zero attached hydrogens (tertiary/aromatic N) is 4. The normalized spacial score (nSPS) is 17.8. The van der Waals surface area contributed by atoms with Gasteiger partial charge in [-0.2, -0.15) is 0 Å². The second-order valence-corrected chi connectivity index (χ2v) is 6.19. The Morgan fingerprint density at radius 3 is 2.90 bits per heavy atom. The number of nitrogens with two attached hydrogens (primary N) is 1. The molecular formula is C14H18ClN5O. The van der Waals surface area contributed by atoms with E-state index in [9.17, 15) is 0 Å². The van der Waals surface area contributed by atoms with Crippen molar-refractivity contribution in [3.05, 3.63) is 23.2 Å². The van der Waals surface area contributed by atoms with Crippen LogP contribution in [0, 0.1) is 5.41 Å². The van der Waals surface area contributed by atoms with Crippen LogP contribution in [0.4, 0.5) is 5.69 Å². The van der Waals surface area contributed by atoms with Gasteiger partial charge >= 0.3 is 0 Å². The molecule has 0 radical (unpaired) electrons. The summed E-state index contributed by atoms with van der Waals surface area (Å²) in [5.74, 6) is 0.655. The third-order valence-corrected chi connectivity index (χ3v) is 4.39. The summed E-state index contributed by atoms with van der Waals surface area (Å²) in [6.45, 7) is 4.55. The number of ether oxygens (including phenoxy) is 1. The smallest absolute Gasteiger partial charge is 0.184 e.